The summed E-state index contributed by atoms with van der Waals surface area (Å²) in [7, 11) is 0. The van der Waals surface area contributed by atoms with Gasteiger partial charge in [-0.1, -0.05) is 38.3 Å². The maximum absolute atomic E-state index is 13.2. The second kappa shape index (κ2) is 10.2. The Bertz CT molecular complexity index is 1230. The Hall–Kier alpha value is -2.87. The number of carbonyl (C=O) groups excluding carboxylic acids is 1. The van der Waals surface area contributed by atoms with Gasteiger partial charge in [0.2, 0.25) is 5.95 Å². The number of nitrogens with zero attached hydrogens (tertiary/aromatic N) is 3. The van der Waals surface area contributed by atoms with E-state index in [1.165, 1.54) is 43.4 Å². The van der Waals surface area contributed by atoms with Crippen molar-refractivity contribution in [2.75, 3.05) is 18.4 Å². The molecule has 1 saturated carbocycles. The van der Waals surface area contributed by atoms with E-state index in [9.17, 15) is 18.0 Å². The van der Waals surface area contributed by atoms with Gasteiger partial charge in [-0.2, -0.15) is 13.2 Å². The van der Waals surface area contributed by atoms with Gasteiger partial charge in [0.15, 0.2) is 0 Å². The molecule has 0 bridgehead atoms. The molecule has 192 valence electrons. The van der Waals surface area contributed by atoms with E-state index in [0.717, 1.165) is 62.1 Å². The summed E-state index contributed by atoms with van der Waals surface area (Å²) >= 11 is 0. The lowest BCUT2D eigenvalue weighted by atomic mass is 9.87. The number of hydrogen-bond donors (Lipinski definition) is 1. The fourth-order valence-corrected chi connectivity index (χ4v) is 5.72. The topological polar surface area (TPSA) is 50.2 Å². The molecule has 1 N–H and O–H groups in total. The van der Waals surface area contributed by atoms with Gasteiger partial charge in [-0.3, -0.25) is 15.0 Å². The van der Waals surface area contributed by atoms with Gasteiger partial charge in [0.25, 0.3) is 5.91 Å². The molecular formula is C28H33F3N4O. The van der Waals surface area contributed by atoms with Crippen molar-refractivity contribution in [3.63, 3.8) is 0 Å². The number of rotatable bonds is 5. The Labute approximate surface area is 209 Å². The maximum Gasteiger partial charge on any atom is 0.416 e. The molecule has 1 saturated heterocycles. The average Bonchev–Trinajstić information content (AvgIpc) is 3.21. The first kappa shape index (κ1) is 24.8. The van der Waals surface area contributed by atoms with Crippen LogP contribution in [0.4, 0.5) is 19.1 Å². The zero-order valence-corrected chi connectivity index (χ0v) is 20.7. The quantitative estimate of drug-likeness (QED) is 0.410. The number of benzene rings is 2. The molecule has 5 rings (SSSR count). The van der Waals surface area contributed by atoms with E-state index in [0.29, 0.717) is 11.9 Å². The van der Waals surface area contributed by atoms with Gasteiger partial charge in [-0.05, 0) is 80.6 Å². The number of carbonyl (C=O) groups is 1. The van der Waals surface area contributed by atoms with Gasteiger partial charge in [0.05, 0.1) is 16.6 Å². The van der Waals surface area contributed by atoms with Crippen LogP contribution < -0.4 is 5.32 Å². The zero-order chi connectivity index (χ0) is 25.3. The highest BCUT2D eigenvalue weighted by atomic mass is 19.4. The number of hydrogen-bond acceptors (Lipinski definition) is 3. The van der Waals surface area contributed by atoms with Crippen LogP contribution in [0, 0.1) is 5.92 Å². The van der Waals surface area contributed by atoms with E-state index >= 15 is 0 Å². The molecule has 3 aromatic rings. The molecule has 1 aliphatic heterocycles. The highest BCUT2D eigenvalue weighted by Crippen LogP contribution is 2.37. The summed E-state index contributed by atoms with van der Waals surface area (Å²) in [5, 5.41) is 2.84. The van der Waals surface area contributed by atoms with E-state index in [1.54, 1.807) is 0 Å². The number of aromatic nitrogens is 2. The number of halogens is 3. The molecule has 1 aliphatic carbocycles. The number of anilines is 1. The Morgan fingerprint density at radius 2 is 1.86 bits per heavy atom. The molecule has 2 heterocycles. The zero-order valence-electron chi connectivity index (χ0n) is 20.7. The number of fused-ring (bicyclic) bond motifs is 1. The number of nitrogens with one attached hydrogen (secondary N) is 1. The highest BCUT2D eigenvalue weighted by molar-refractivity contribution is 6.04. The summed E-state index contributed by atoms with van der Waals surface area (Å²) in [5.41, 5.74) is 2.07. The van der Waals surface area contributed by atoms with Crippen LogP contribution in [0.3, 0.4) is 0 Å². The largest absolute Gasteiger partial charge is 0.416 e. The van der Waals surface area contributed by atoms with Gasteiger partial charge < -0.3 is 4.57 Å². The van der Waals surface area contributed by atoms with Crippen LogP contribution in [0.25, 0.3) is 11.0 Å². The predicted molar refractivity (Wildman–Crippen MR) is 135 cm³/mol. The third kappa shape index (κ3) is 5.43. The lowest BCUT2D eigenvalue weighted by Gasteiger charge is -2.29. The Morgan fingerprint density at radius 1 is 1.06 bits per heavy atom. The maximum atomic E-state index is 13.2. The van der Waals surface area contributed by atoms with E-state index in [-0.39, 0.29) is 11.6 Å². The second-order valence-corrected chi connectivity index (χ2v) is 10.4. The van der Waals surface area contributed by atoms with Crippen LogP contribution in [0.1, 0.15) is 79.4 Å². The predicted octanol–water partition coefficient (Wildman–Crippen LogP) is 7.04. The summed E-state index contributed by atoms with van der Waals surface area (Å²) in [6.45, 7) is 5.31. The molecule has 0 spiro atoms. The minimum atomic E-state index is -4.51. The minimum absolute atomic E-state index is 0.0359. The van der Waals surface area contributed by atoms with Gasteiger partial charge in [0, 0.05) is 18.2 Å². The van der Waals surface area contributed by atoms with Crippen molar-refractivity contribution in [1.29, 1.82) is 0 Å². The molecule has 2 unspecified atom stereocenters. The summed E-state index contributed by atoms with van der Waals surface area (Å²) in [4.78, 5) is 20.3. The smallest absolute Gasteiger partial charge is 0.307 e. The lowest BCUT2D eigenvalue weighted by Crippen LogP contribution is -2.29. The number of piperidine rings is 1. The van der Waals surface area contributed by atoms with Crippen molar-refractivity contribution < 1.29 is 18.0 Å². The van der Waals surface area contributed by atoms with E-state index in [1.807, 2.05) is 0 Å². The standard InChI is InChI=1S/C28H33F3N4O/c1-19-7-5-10-23(15-19)35-25-12-11-20(18-34-13-3-2-4-14-34)16-24(25)32-27(35)33-26(36)21-8-6-9-22(17-21)28(29,30)31/h6,8-9,11-12,16-17,19,23H,2-5,7,10,13-15,18H2,1H3,(H,32,33,36). The highest BCUT2D eigenvalue weighted by Gasteiger charge is 2.31. The fraction of sp³-hybridized carbons (Fsp3) is 0.500. The first-order valence-corrected chi connectivity index (χ1v) is 13.0. The van der Waals surface area contributed by atoms with Gasteiger partial charge in [-0.15, -0.1) is 0 Å². The third-order valence-electron chi connectivity index (χ3n) is 7.56. The monoisotopic (exact) mass is 498 g/mol. The third-order valence-corrected chi connectivity index (χ3v) is 7.56. The van der Waals surface area contributed by atoms with Crippen molar-refractivity contribution >= 4 is 22.9 Å². The molecule has 0 radical (unpaired) electrons. The summed E-state index contributed by atoms with van der Waals surface area (Å²) in [5.74, 6) is 0.378. The van der Waals surface area contributed by atoms with E-state index < -0.39 is 17.6 Å². The summed E-state index contributed by atoms with van der Waals surface area (Å²) in [6.07, 6.45) is 3.46. The van der Waals surface area contributed by atoms with Crippen LogP contribution in [-0.4, -0.2) is 33.4 Å². The van der Waals surface area contributed by atoms with Gasteiger partial charge in [-0.25, -0.2) is 4.98 Å². The number of likely N-dealkylation sites (tertiary alicyclic amines) is 1. The van der Waals surface area contributed by atoms with Crippen LogP contribution in [0.15, 0.2) is 42.5 Å². The van der Waals surface area contributed by atoms with Crippen LogP contribution in [0.5, 0.6) is 0 Å². The number of imidazole rings is 1. The molecule has 2 atom stereocenters. The van der Waals surface area contributed by atoms with E-state index in [2.05, 4.69) is 39.9 Å². The van der Waals surface area contributed by atoms with Gasteiger partial charge in [0.1, 0.15) is 0 Å². The van der Waals surface area contributed by atoms with Crippen molar-refractivity contribution in [3.8, 4) is 0 Å². The van der Waals surface area contributed by atoms with Crippen LogP contribution in [-0.2, 0) is 12.7 Å². The second-order valence-electron chi connectivity index (χ2n) is 10.4. The molecular weight excluding hydrogens is 465 g/mol. The number of alkyl halides is 3. The van der Waals surface area contributed by atoms with Crippen LogP contribution in [0.2, 0.25) is 0 Å². The molecule has 2 fully saturated rings. The molecule has 1 aromatic heterocycles. The normalized spacial score (nSPS) is 21.6. The number of amides is 1. The molecule has 2 aromatic carbocycles. The van der Waals surface area contributed by atoms with Crippen molar-refractivity contribution in [2.24, 2.45) is 5.92 Å². The first-order valence-electron chi connectivity index (χ1n) is 13.0. The SMILES string of the molecule is CC1CCCC(n2c(NC(=O)c3cccc(C(F)(F)F)c3)nc3cc(CN4CCCCC4)ccc32)C1. The Balaban J connectivity index is 1.47. The summed E-state index contributed by atoms with van der Waals surface area (Å²) < 4.78 is 41.7. The molecule has 8 heteroatoms. The molecule has 2 aliphatic rings. The van der Waals surface area contributed by atoms with Gasteiger partial charge >= 0.3 is 6.18 Å². The first-order chi connectivity index (χ1) is 17.3. The molecule has 36 heavy (non-hydrogen) atoms. The molecule has 1 amide bonds. The van der Waals surface area contributed by atoms with Crippen LogP contribution >= 0.6 is 0 Å². The van der Waals surface area contributed by atoms with E-state index in [4.69, 9.17) is 4.98 Å². The van der Waals surface area contributed by atoms with Crippen molar-refractivity contribution in [3.05, 3.63) is 59.2 Å². The molecule has 5 nitrogen and oxygen atoms in total. The van der Waals surface area contributed by atoms with Crippen molar-refractivity contribution in [1.82, 2.24) is 14.5 Å². The Kier molecular flexibility index (Phi) is 7.06. The van der Waals surface area contributed by atoms with Crippen molar-refractivity contribution in [2.45, 2.75) is 70.6 Å². The Morgan fingerprint density at radius 3 is 2.61 bits per heavy atom. The fourth-order valence-electron chi connectivity index (χ4n) is 5.72. The lowest BCUT2D eigenvalue weighted by molar-refractivity contribution is -0.137. The average molecular weight is 499 g/mol. The minimum Gasteiger partial charge on any atom is -0.307 e. The summed E-state index contributed by atoms with van der Waals surface area (Å²) in [6, 6.07) is 11.0.